The van der Waals surface area contributed by atoms with Crippen LogP contribution in [-0.2, 0) is 0 Å². The van der Waals surface area contributed by atoms with Crippen LogP contribution < -0.4 is 19.5 Å². The van der Waals surface area contributed by atoms with Crippen molar-refractivity contribution in [2.24, 2.45) is 0 Å². The molecule has 0 saturated heterocycles. The molecule has 0 amide bonds. The molecule has 0 heterocycles. The standard InChI is InChI=1S/C18H18BrNO4/c1-22-16-10-14(11-17(23-2)18(16)24-3)20-9-8-15(21)12-4-6-13(19)7-5-12/h4-11,20H,1-3H3/b9-8+. The van der Waals surface area contributed by atoms with Gasteiger partial charge in [-0.05, 0) is 24.3 Å². The summed E-state index contributed by atoms with van der Waals surface area (Å²) in [6.45, 7) is 0. The average molecular weight is 392 g/mol. The van der Waals surface area contributed by atoms with Crippen LogP contribution in [0.2, 0.25) is 0 Å². The highest BCUT2D eigenvalue weighted by molar-refractivity contribution is 9.10. The molecule has 0 unspecified atom stereocenters. The fraction of sp³-hybridized carbons (Fsp3) is 0.167. The third-order valence-corrected chi connectivity index (χ3v) is 3.81. The zero-order valence-electron chi connectivity index (χ0n) is 13.6. The van der Waals surface area contributed by atoms with Crippen LogP contribution in [-0.4, -0.2) is 27.1 Å². The molecule has 2 aromatic carbocycles. The van der Waals surface area contributed by atoms with Gasteiger partial charge in [0.25, 0.3) is 0 Å². The van der Waals surface area contributed by atoms with E-state index in [9.17, 15) is 4.79 Å². The largest absolute Gasteiger partial charge is 0.493 e. The van der Waals surface area contributed by atoms with Gasteiger partial charge in [0.2, 0.25) is 5.75 Å². The molecule has 0 spiro atoms. The third-order valence-electron chi connectivity index (χ3n) is 3.28. The first-order valence-corrected chi connectivity index (χ1v) is 7.91. The van der Waals surface area contributed by atoms with Crippen molar-refractivity contribution >= 4 is 27.4 Å². The number of anilines is 1. The maximum Gasteiger partial charge on any atom is 0.203 e. The predicted molar refractivity (Wildman–Crippen MR) is 97.3 cm³/mol. The molecule has 0 aliphatic rings. The summed E-state index contributed by atoms with van der Waals surface area (Å²) in [5.74, 6) is 1.49. The van der Waals surface area contributed by atoms with E-state index in [1.807, 2.05) is 12.1 Å². The van der Waals surface area contributed by atoms with Gasteiger partial charge < -0.3 is 19.5 Å². The lowest BCUT2D eigenvalue weighted by Crippen LogP contribution is -1.98. The molecular formula is C18H18BrNO4. The molecule has 0 saturated carbocycles. The van der Waals surface area contributed by atoms with E-state index in [2.05, 4.69) is 21.2 Å². The van der Waals surface area contributed by atoms with Gasteiger partial charge in [0.05, 0.1) is 21.3 Å². The molecule has 2 aromatic rings. The van der Waals surface area contributed by atoms with Crippen LogP contribution in [0.25, 0.3) is 0 Å². The number of carbonyl (C=O) groups excluding carboxylic acids is 1. The Balaban J connectivity index is 2.13. The molecule has 6 heteroatoms. The van der Waals surface area contributed by atoms with Crippen LogP contribution >= 0.6 is 15.9 Å². The number of hydrogen-bond donors (Lipinski definition) is 1. The second kappa shape index (κ2) is 8.40. The van der Waals surface area contributed by atoms with E-state index in [0.29, 0.717) is 28.5 Å². The molecular weight excluding hydrogens is 374 g/mol. The van der Waals surface area contributed by atoms with E-state index in [-0.39, 0.29) is 5.78 Å². The lowest BCUT2D eigenvalue weighted by atomic mass is 10.1. The summed E-state index contributed by atoms with van der Waals surface area (Å²) >= 11 is 3.34. The second-order valence-electron chi connectivity index (χ2n) is 4.76. The fourth-order valence-electron chi connectivity index (χ4n) is 2.09. The van der Waals surface area contributed by atoms with Crippen molar-refractivity contribution in [2.45, 2.75) is 0 Å². The Morgan fingerprint density at radius 1 is 1.00 bits per heavy atom. The highest BCUT2D eigenvalue weighted by Crippen LogP contribution is 2.39. The van der Waals surface area contributed by atoms with Crippen LogP contribution in [0, 0.1) is 0 Å². The first-order chi connectivity index (χ1) is 11.6. The van der Waals surface area contributed by atoms with Crippen LogP contribution in [0.15, 0.2) is 53.1 Å². The van der Waals surface area contributed by atoms with Gasteiger partial charge in [0.1, 0.15) is 0 Å². The van der Waals surface area contributed by atoms with Crippen LogP contribution in [0.3, 0.4) is 0 Å². The van der Waals surface area contributed by atoms with E-state index in [4.69, 9.17) is 14.2 Å². The summed E-state index contributed by atoms with van der Waals surface area (Å²) in [6.07, 6.45) is 3.04. The number of ether oxygens (including phenoxy) is 3. The van der Waals surface area contributed by atoms with Gasteiger partial charge in [0, 0.05) is 40.1 Å². The van der Waals surface area contributed by atoms with Gasteiger partial charge in [-0.25, -0.2) is 0 Å². The second-order valence-corrected chi connectivity index (χ2v) is 5.68. The van der Waals surface area contributed by atoms with Crippen molar-refractivity contribution in [3.05, 3.63) is 58.7 Å². The number of nitrogens with one attached hydrogen (secondary N) is 1. The molecule has 24 heavy (non-hydrogen) atoms. The van der Waals surface area contributed by atoms with Crippen LogP contribution in [0.4, 0.5) is 5.69 Å². The minimum Gasteiger partial charge on any atom is -0.493 e. The zero-order chi connectivity index (χ0) is 17.5. The molecule has 1 N–H and O–H groups in total. The Morgan fingerprint density at radius 3 is 2.08 bits per heavy atom. The first-order valence-electron chi connectivity index (χ1n) is 7.12. The van der Waals surface area contributed by atoms with Crippen molar-refractivity contribution in [2.75, 3.05) is 26.6 Å². The van der Waals surface area contributed by atoms with E-state index in [0.717, 1.165) is 4.47 Å². The lowest BCUT2D eigenvalue weighted by molar-refractivity contribution is 0.104. The number of methoxy groups -OCH3 is 3. The van der Waals surface area contributed by atoms with Crippen molar-refractivity contribution in [1.82, 2.24) is 0 Å². The zero-order valence-corrected chi connectivity index (χ0v) is 15.2. The fourth-order valence-corrected chi connectivity index (χ4v) is 2.35. The number of allylic oxidation sites excluding steroid dienone is 1. The number of rotatable bonds is 7. The van der Waals surface area contributed by atoms with Crippen molar-refractivity contribution in [3.8, 4) is 17.2 Å². The van der Waals surface area contributed by atoms with Crippen molar-refractivity contribution in [3.63, 3.8) is 0 Å². The smallest absolute Gasteiger partial charge is 0.203 e. The Kier molecular flexibility index (Phi) is 6.26. The summed E-state index contributed by atoms with van der Waals surface area (Å²) in [5, 5.41) is 3.03. The Labute approximate surface area is 149 Å². The molecule has 0 aliphatic heterocycles. The van der Waals surface area contributed by atoms with Gasteiger partial charge >= 0.3 is 0 Å². The molecule has 5 nitrogen and oxygen atoms in total. The average Bonchev–Trinajstić information content (AvgIpc) is 2.61. The monoisotopic (exact) mass is 391 g/mol. The van der Waals surface area contributed by atoms with Crippen molar-refractivity contribution < 1.29 is 19.0 Å². The van der Waals surface area contributed by atoms with Crippen LogP contribution in [0.5, 0.6) is 17.2 Å². The highest BCUT2D eigenvalue weighted by atomic mass is 79.9. The third kappa shape index (κ3) is 4.29. The van der Waals surface area contributed by atoms with Gasteiger partial charge in [-0.1, -0.05) is 15.9 Å². The van der Waals surface area contributed by atoms with E-state index >= 15 is 0 Å². The molecule has 0 fully saturated rings. The number of benzene rings is 2. The Morgan fingerprint density at radius 2 is 1.58 bits per heavy atom. The van der Waals surface area contributed by atoms with Gasteiger partial charge in [0.15, 0.2) is 17.3 Å². The van der Waals surface area contributed by atoms with Crippen LogP contribution in [0.1, 0.15) is 10.4 Å². The molecule has 126 valence electrons. The Hall–Kier alpha value is -2.47. The SMILES string of the molecule is COc1cc(N/C=C/C(=O)c2ccc(Br)cc2)cc(OC)c1OC. The van der Waals surface area contributed by atoms with Crippen molar-refractivity contribution in [1.29, 1.82) is 0 Å². The summed E-state index contributed by atoms with van der Waals surface area (Å²) in [7, 11) is 4.65. The number of halogens is 1. The van der Waals surface area contributed by atoms with E-state index in [1.54, 1.807) is 51.8 Å². The van der Waals surface area contributed by atoms with Gasteiger partial charge in [-0.3, -0.25) is 4.79 Å². The minimum absolute atomic E-state index is 0.0950. The normalized spacial score (nSPS) is 10.5. The number of carbonyl (C=O) groups is 1. The van der Waals surface area contributed by atoms with Gasteiger partial charge in [-0.2, -0.15) is 0 Å². The quantitative estimate of drug-likeness (QED) is 0.563. The summed E-state index contributed by atoms with van der Waals surface area (Å²) < 4.78 is 16.8. The van der Waals surface area contributed by atoms with E-state index < -0.39 is 0 Å². The first kappa shape index (κ1) is 17.9. The number of ketones is 1. The summed E-state index contributed by atoms with van der Waals surface area (Å²) in [5.41, 5.74) is 1.32. The maximum absolute atomic E-state index is 12.1. The van der Waals surface area contributed by atoms with E-state index in [1.165, 1.54) is 6.08 Å². The predicted octanol–water partition coefficient (Wildman–Crippen LogP) is 4.28. The van der Waals surface area contributed by atoms with Gasteiger partial charge in [-0.15, -0.1) is 0 Å². The minimum atomic E-state index is -0.0950. The molecule has 0 atom stereocenters. The molecule has 0 radical (unpaired) electrons. The molecule has 0 aliphatic carbocycles. The molecule has 0 bridgehead atoms. The highest BCUT2D eigenvalue weighted by Gasteiger charge is 2.12. The Bertz CT molecular complexity index is 716. The number of hydrogen-bond acceptors (Lipinski definition) is 5. The molecule has 2 rings (SSSR count). The maximum atomic E-state index is 12.1. The summed E-state index contributed by atoms with van der Waals surface area (Å²) in [4.78, 5) is 12.1. The summed E-state index contributed by atoms with van der Waals surface area (Å²) in [6, 6.07) is 10.7. The molecule has 0 aromatic heterocycles. The topological polar surface area (TPSA) is 56.8 Å². The lowest BCUT2D eigenvalue weighted by Gasteiger charge is -2.13.